The summed E-state index contributed by atoms with van der Waals surface area (Å²) in [6, 6.07) is 14.0. The molecular weight excluding hydrogens is 310 g/mol. The van der Waals surface area contributed by atoms with Crippen molar-refractivity contribution in [2.75, 3.05) is 6.54 Å². The Hall–Kier alpha value is -1.69. The largest absolute Gasteiger partial charge is 0.391 e. The Kier molecular flexibility index (Phi) is 4.27. The highest BCUT2D eigenvalue weighted by molar-refractivity contribution is 7.89. The second-order valence-electron chi connectivity index (χ2n) is 6.14. The number of aliphatic hydroxyl groups is 1. The highest BCUT2D eigenvalue weighted by Gasteiger charge is 2.41. The Morgan fingerprint density at radius 1 is 0.957 bits per heavy atom. The predicted octanol–water partition coefficient (Wildman–Crippen LogP) is 2.80. The summed E-state index contributed by atoms with van der Waals surface area (Å²) in [4.78, 5) is 0.273. The van der Waals surface area contributed by atoms with Crippen LogP contribution in [0.5, 0.6) is 0 Å². The van der Waals surface area contributed by atoms with Gasteiger partial charge in [0.15, 0.2) is 0 Å². The number of nitrogens with zero attached hydrogens (tertiary/aromatic N) is 1. The Morgan fingerprint density at radius 2 is 1.48 bits per heavy atom. The molecule has 0 aliphatic carbocycles. The summed E-state index contributed by atoms with van der Waals surface area (Å²) in [6.07, 6.45) is -0.234. The third-order valence-electron chi connectivity index (χ3n) is 4.37. The number of hydrogen-bond donors (Lipinski definition) is 1. The zero-order valence-electron chi connectivity index (χ0n) is 13.3. The number of sulfonamides is 1. The third-order valence-corrected chi connectivity index (χ3v) is 6.26. The highest BCUT2D eigenvalue weighted by atomic mass is 32.2. The summed E-state index contributed by atoms with van der Waals surface area (Å²) >= 11 is 0. The summed E-state index contributed by atoms with van der Waals surface area (Å²) in [7, 11) is -3.62. The van der Waals surface area contributed by atoms with Gasteiger partial charge in [0.2, 0.25) is 10.0 Å². The molecule has 0 spiro atoms. The molecule has 1 saturated heterocycles. The molecule has 1 fully saturated rings. The van der Waals surface area contributed by atoms with Crippen molar-refractivity contribution in [3.63, 3.8) is 0 Å². The molecular formula is C18H21NO3S. The van der Waals surface area contributed by atoms with Crippen LogP contribution in [-0.2, 0) is 10.0 Å². The van der Waals surface area contributed by atoms with Gasteiger partial charge in [-0.3, -0.25) is 0 Å². The minimum Gasteiger partial charge on any atom is -0.391 e. The van der Waals surface area contributed by atoms with E-state index in [9.17, 15) is 13.5 Å². The first-order valence-electron chi connectivity index (χ1n) is 7.73. The molecule has 1 heterocycles. The Balaban J connectivity index is 2.00. The van der Waals surface area contributed by atoms with Gasteiger partial charge in [-0.2, -0.15) is 4.31 Å². The van der Waals surface area contributed by atoms with E-state index in [-0.39, 0.29) is 4.90 Å². The maximum atomic E-state index is 13.0. The normalized spacial score (nSPS) is 22.4. The minimum absolute atomic E-state index is 0.273. The van der Waals surface area contributed by atoms with Crippen LogP contribution in [0.4, 0.5) is 0 Å². The van der Waals surface area contributed by atoms with Crippen molar-refractivity contribution >= 4 is 10.0 Å². The molecule has 2 aromatic rings. The smallest absolute Gasteiger partial charge is 0.243 e. The van der Waals surface area contributed by atoms with E-state index in [1.807, 2.05) is 38.1 Å². The fourth-order valence-electron chi connectivity index (χ4n) is 3.02. The topological polar surface area (TPSA) is 57.6 Å². The molecule has 0 radical (unpaired) electrons. The SMILES string of the molecule is Cc1ccc([C@@H]2[C@@H](O)CCN2S(=O)(=O)c2ccc(C)cc2)cc1. The second-order valence-corrected chi connectivity index (χ2v) is 8.03. The van der Waals surface area contributed by atoms with Crippen molar-refractivity contribution in [3.8, 4) is 0 Å². The average molecular weight is 331 g/mol. The van der Waals surface area contributed by atoms with E-state index < -0.39 is 22.2 Å². The van der Waals surface area contributed by atoms with Crippen molar-refractivity contribution in [2.45, 2.75) is 37.3 Å². The molecule has 3 rings (SSSR count). The van der Waals surface area contributed by atoms with Crippen molar-refractivity contribution in [1.82, 2.24) is 4.31 Å². The van der Waals surface area contributed by atoms with Crippen LogP contribution in [-0.4, -0.2) is 30.5 Å². The van der Waals surface area contributed by atoms with E-state index in [1.165, 1.54) is 4.31 Å². The van der Waals surface area contributed by atoms with Gasteiger partial charge in [-0.05, 0) is 38.0 Å². The molecule has 122 valence electrons. The highest BCUT2D eigenvalue weighted by Crippen LogP contribution is 2.36. The van der Waals surface area contributed by atoms with Crippen molar-refractivity contribution in [2.24, 2.45) is 0 Å². The lowest BCUT2D eigenvalue weighted by Gasteiger charge is -2.26. The van der Waals surface area contributed by atoms with E-state index in [1.54, 1.807) is 24.3 Å². The van der Waals surface area contributed by atoms with Crippen LogP contribution in [0.1, 0.15) is 29.2 Å². The van der Waals surface area contributed by atoms with Gasteiger partial charge >= 0.3 is 0 Å². The summed E-state index contributed by atoms with van der Waals surface area (Å²) in [5.41, 5.74) is 2.95. The fourth-order valence-corrected chi connectivity index (χ4v) is 4.67. The van der Waals surface area contributed by atoms with Gasteiger partial charge in [0.1, 0.15) is 0 Å². The van der Waals surface area contributed by atoms with Gasteiger partial charge in [0.05, 0.1) is 17.0 Å². The van der Waals surface area contributed by atoms with Crippen LogP contribution in [0.15, 0.2) is 53.4 Å². The summed E-state index contributed by atoms with van der Waals surface area (Å²) < 4.78 is 27.3. The summed E-state index contributed by atoms with van der Waals surface area (Å²) in [6.45, 7) is 4.23. The van der Waals surface area contributed by atoms with E-state index in [0.29, 0.717) is 13.0 Å². The summed E-state index contributed by atoms with van der Waals surface area (Å²) in [5, 5.41) is 10.3. The van der Waals surface area contributed by atoms with Gasteiger partial charge in [-0.1, -0.05) is 47.5 Å². The molecule has 23 heavy (non-hydrogen) atoms. The molecule has 0 unspecified atom stereocenters. The maximum absolute atomic E-state index is 13.0. The molecule has 1 aliphatic heterocycles. The zero-order valence-corrected chi connectivity index (χ0v) is 14.1. The molecule has 4 nitrogen and oxygen atoms in total. The van der Waals surface area contributed by atoms with Gasteiger partial charge in [-0.25, -0.2) is 8.42 Å². The first kappa shape index (κ1) is 16.2. The Morgan fingerprint density at radius 3 is 2.04 bits per heavy atom. The molecule has 0 amide bonds. The van der Waals surface area contributed by atoms with Crippen LogP contribution in [0, 0.1) is 13.8 Å². The van der Waals surface area contributed by atoms with Crippen LogP contribution >= 0.6 is 0 Å². The number of hydrogen-bond acceptors (Lipinski definition) is 3. The van der Waals surface area contributed by atoms with Gasteiger partial charge in [0, 0.05) is 6.54 Å². The number of rotatable bonds is 3. The standard InChI is InChI=1S/C18H21NO3S/c1-13-3-7-15(8-4-13)18-17(20)11-12-19(18)23(21,22)16-9-5-14(2)6-10-16/h3-10,17-18,20H,11-12H2,1-2H3/t17-,18+/m0/s1. The summed E-state index contributed by atoms with van der Waals surface area (Å²) in [5.74, 6) is 0. The second kappa shape index (κ2) is 6.07. The predicted molar refractivity (Wildman–Crippen MR) is 89.6 cm³/mol. The third kappa shape index (κ3) is 3.04. The average Bonchev–Trinajstić information content (AvgIpc) is 2.91. The Bertz CT molecular complexity index is 782. The van der Waals surface area contributed by atoms with Gasteiger partial charge in [0.25, 0.3) is 0 Å². The molecule has 0 bridgehead atoms. The number of aliphatic hydroxyl groups excluding tert-OH is 1. The minimum atomic E-state index is -3.62. The van der Waals surface area contributed by atoms with Crippen molar-refractivity contribution in [1.29, 1.82) is 0 Å². The van der Waals surface area contributed by atoms with E-state index in [0.717, 1.165) is 16.7 Å². The monoisotopic (exact) mass is 331 g/mol. The number of benzene rings is 2. The molecule has 5 heteroatoms. The van der Waals surface area contributed by atoms with Crippen molar-refractivity contribution < 1.29 is 13.5 Å². The maximum Gasteiger partial charge on any atom is 0.243 e. The Labute approximate surface area is 137 Å². The van der Waals surface area contributed by atoms with Crippen LogP contribution < -0.4 is 0 Å². The lowest BCUT2D eigenvalue weighted by atomic mass is 10.0. The molecule has 0 saturated carbocycles. The molecule has 0 aromatic heterocycles. The van der Waals surface area contributed by atoms with Gasteiger partial charge < -0.3 is 5.11 Å². The van der Waals surface area contributed by atoms with Crippen molar-refractivity contribution in [3.05, 3.63) is 65.2 Å². The lowest BCUT2D eigenvalue weighted by molar-refractivity contribution is 0.142. The lowest BCUT2D eigenvalue weighted by Crippen LogP contribution is -2.33. The molecule has 2 aromatic carbocycles. The fraction of sp³-hybridized carbons (Fsp3) is 0.333. The quantitative estimate of drug-likeness (QED) is 0.941. The molecule has 1 N–H and O–H groups in total. The number of aryl methyl sites for hydroxylation is 2. The van der Waals surface area contributed by atoms with Crippen LogP contribution in [0.25, 0.3) is 0 Å². The zero-order chi connectivity index (χ0) is 16.6. The molecule has 2 atom stereocenters. The molecule has 1 aliphatic rings. The first-order chi connectivity index (χ1) is 10.9. The van der Waals surface area contributed by atoms with E-state index in [4.69, 9.17) is 0 Å². The van der Waals surface area contributed by atoms with E-state index >= 15 is 0 Å². The first-order valence-corrected chi connectivity index (χ1v) is 9.17. The van der Waals surface area contributed by atoms with Crippen LogP contribution in [0.2, 0.25) is 0 Å². The van der Waals surface area contributed by atoms with Gasteiger partial charge in [-0.15, -0.1) is 0 Å². The van der Waals surface area contributed by atoms with Crippen LogP contribution in [0.3, 0.4) is 0 Å². The van der Waals surface area contributed by atoms with E-state index in [2.05, 4.69) is 0 Å².